The maximum absolute atomic E-state index is 12.1. The van der Waals surface area contributed by atoms with Gasteiger partial charge in [-0.15, -0.1) is 0 Å². The molecule has 4 nitrogen and oxygen atoms in total. The van der Waals surface area contributed by atoms with E-state index < -0.39 is 5.54 Å². The summed E-state index contributed by atoms with van der Waals surface area (Å²) in [7, 11) is 1.60. The molecular formula is C16H19ClN2O2. The average Bonchev–Trinajstić information content (AvgIpc) is 2.37. The van der Waals surface area contributed by atoms with E-state index in [0.717, 1.165) is 11.4 Å². The van der Waals surface area contributed by atoms with E-state index in [9.17, 15) is 4.79 Å². The van der Waals surface area contributed by atoms with Crippen molar-refractivity contribution in [2.24, 2.45) is 5.73 Å². The molecule has 0 spiro atoms. The predicted molar refractivity (Wildman–Crippen MR) is 85.6 cm³/mol. The number of pyridine rings is 1. The minimum atomic E-state index is -0.724. The molecule has 1 heterocycles. The van der Waals surface area contributed by atoms with E-state index in [1.165, 1.54) is 0 Å². The molecule has 0 saturated heterocycles. The minimum Gasteiger partial charge on any atom is -0.495 e. The van der Waals surface area contributed by atoms with Gasteiger partial charge < -0.3 is 15.0 Å². The van der Waals surface area contributed by atoms with Gasteiger partial charge in [-0.3, -0.25) is 4.79 Å². The van der Waals surface area contributed by atoms with Gasteiger partial charge in [0.15, 0.2) is 5.43 Å². The van der Waals surface area contributed by atoms with Gasteiger partial charge in [-0.05, 0) is 39.0 Å². The molecule has 2 aromatic rings. The minimum absolute atomic E-state index is 0.0720. The number of methoxy groups -OCH3 is 1. The number of aromatic nitrogens is 1. The molecule has 112 valence electrons. The summed E-state index contributed by atoms with van der Waals surface area (Å²) in [6.07, 6.45) is 1.76. The lowest BCUT2D eigenvalue weighted by molar-refractivity contribution is 0.412. The molecule has 21 heavy (non-hydrogen) atoms. The Morgan fingerprint density at radius 2 is 1.95 bits per heavy atom. The number of benzene rings is 1. The van der Waals surface area contributed by atoms with Crippen molar-refractivity contribution in [1.29, 1.82) is 0 Å². The fourth-order valence-electron chi connectivity index (χ4n) is 2.23. The lowest BCUT2D eigenvalue weighted by atomic mass is 9.96. The van der Waals surface area contributed by atoms with Crippen LogP contribution in [0.5, 0.6) is 5.75 Å². The highest BCUT2D eigenvalue weighted by Gasteiger charge is 2.20. The Bertz CT molecular complexity index is 730. The van der Waals surface area contributed by atoms with E-state index >= 15 is 0 Å². The highest BCUT2D eigenvalue weighted by atomic mass is 35.5. The Balaban J connectivity index is 2.76. The number of rotatable bonds is 3. The third-order valence-corrected chi connectivity index (χ3v) is 3.57. The zero-order valence-electron chi connectivity index (χ0n) is 12.6. The van der Waals surface area contributed by atoms with E-state index in [1.54, 1.807) is 51.4 Å². The van der Waals surface area contributed by atoms with Crippen molar-refractivity contribution in [3.8, 4) is 11.4 Å². The predicted octanol–water partition coefficient (Wildman–Crippen LogP) is 3.00. The highest BCUT2D eigenvalue weighted by Crippen LogP contribution is 2.28. The van der Waals surface area contributed by atoms with Gasteiger partial charge in [0.05, 0.1) is 12.8 Å². The summed E-state index contributed by atoms with van der Waals surface area (Å²) < 4.78 is 7.25. The maximum Gasteiger partial charge on any atom is 0.186 e. The van der Waals surface area contributed by atoms with Crippen LogP contribution in [0.3, 0.4) is 0 Å². The largest absolute Gasteiger partial charge is 0.495 e. The van der Waals surface area contributed by atoms with Crippen LogP contribution in [-0.4, -0.2) is 11.7 Å². The second-order valence-electron chi connectivity index (χ2n) is 5.60. The molecule has 0 aliphatic carbocycles. The topological polar surface area (TPSA) is 57.2 Å². The van der Waals surface area contributed by atoms with E-state index in [0.29, 0.717) is 16.3 Å². The van der Waals surface area contributed by atoms with Crippen molar-refractivity contribution in [1.82, 2.24) is 4.57 Å². The van der Waals surface area contributed by atoms with Crippen molar-refractivity contribution in [3.63, 3.8) is 0 Å². The Kier molecular flexibility index (Phi) is 4.12. The second kappa shape index (κ2) is 5.54. The SMILES string of the molecule is COc1ccc(Cl)cc1-n1cc(C(C)(C)N)c(=O)cc1C. The zero-order chi connectivity index (χ0) is 15.8. The standard InChI is InChI=1S/C16H19ClN2O2/c1-10-7-14(20)12(16(2,3)18)9-19(10)13-8-11(17)5-6-15(13)21-4/h5-9H,18H2,1-4H3. The van der Waals surface area contributed by atoms with Gasteiger partial charge in [-0.25, -0.2) is 0 Å². The third-order valence-electron chi connectivity index (χ3n) is 3.34. The Hall–Kier alpha value is -1.78. The number of hydrogen-bond acceptors (Lipinski definition) is 3. The molecular weight excluding hydrogens is 288 g/mol. The fourth-order valence-corrected chi connectivity index (χ4v) is 2.39. The van der Waals surface area contributed by atoms with E-state index in [2.05, 4.69) is 0 Å². The van der Waals surface area contributed by atoms with Gasteiger partial charge in [0.1, 0.15) is 5.75 Å². The average molecular weight is 307 g/mol. The normalized spacial score (nSPS) is 11.5. The Morgan fingerprint density at radius 1 is 1.29 bits per heavy atom. The summed E-state index contributed by atoms with van der Waals surface area (Å²) in [5.74, 6) is 0.673. The molecule has 0 bridgehead atoms. The van der Waals surface area contributed by atoms with Crippen LogP contribution in [-0.2, 0) is 5.54 Å². The number of nitrogens with zero attached hydrogens (tertiary/aromatic N) is 1. The number of nitrogens with two attached hydrogens (primary N) is 1. The van der Waals surface area contributed by atoms with Gasteiger partial charge in [-0.1, -0.05) is 11.6 Å². The van der Waals surface area contributed by atoms with Crippen molar-refractivity contribution in [3.05, 3.63) is 57.0 Å². The van der Waals surface area contributed by atoms with Gasteiger partial charge in [0.2, 0.25) is 0 Å². The maximum atomic E-state index is 12.1. The molecule has 0 radical (unpaired) electrons. The lowest BCUT2D eigenvalue weighted by Crippen LogP contribution is -2.35. The summed E-state index contributed by atoms with van der Waals surface area (Å²) >= 11 is 6.08. The molecule has 0 fully saturated rings. The van der Waals surface area contributed by atoms with Crippen molar-refractivity contribution in [2.45, 2.75) is 26.3 Å². The number of halogens is 1. The first-order chi connectivity index (χ1) is 9.74. The van der Waals surface area contributed by atoms with Gasteiger partial charge in [-0.2, -0.15) is 0 Å². The zero-order valence-corrected chi connectivity index (χ0v) is 13.4. The van der Waals surface area contributed by atoms with Crippen LogP contribution in [0.2, 0.25) is 5.02 Å². The van der Waals surface area contributed by atoms with E-state index in [1.807, 2.05) is 11.5 Å². The summed E-state index contributed by atoms with van der Waals surface area (Å²) in [6.45, 7) is 5.46. The Morgan fingerprint density at radius 3 is 2.52 bits per heavy atom. The number of ether oxygens (including phenoxy) is 1. The van der Waals surface area contributed by atoms with Crippen LogP contribution in [0.15, 0.2) is 35.3 Å². The van der Waals surface area contributed by atoms with Crippen LogP contribution in [0, 0.1) is 6.92 Å². The molecule has 0 aliphatic rings. The summed E-state index contributed by atoms with van der Waals surface area (Å²) in [6, 6.07) is 6.92. The smallest absolute Gasteiger partial charge is 0.186 e. The summed E-state index contributed by atoms with van der Waals surface area (Å²) in [5, 5.41) is 0.595. The first-order valence-electron chi connectivity index (χ1n) is 6.60. The number of hydrogen-bond donors (Lipinski definition) is 1. The van der Waals surface area contributed by atoms with Crippen LogP contribution in [0.25, 0.3) is 5.69 Å². The van der Waals surface area contributed by atoms with Crippen molar-refractivity contribution in [2.75, 3.05) is 7.11 Å². The molecule has 0 aliphatic heterocycles. The van der Waals surface area contributed by atoms with Crippen LogP contribution in [0.4, 0.5) is 0 Å². The van der Waals surface area contributed by atoms with Crippen molar-refractivity contribution < 1.29 is 4.74 Å². The molecule has 1 aromatic carbocycles. The second-order valence-corrected chi connectivity index (χ2v) is 6.04. The Labute approximate surface area is 129 Å². The van der Waals surface area contributed by atoms with Crippen LogP contribution < -0.4 is 15.9 Å². The van der Waals surface area contributed by atoms with Crippen LogP contribution in [0.1, 0.15) is 25.1 Å². The molecule has 5 heteroatoms. The summed E-state index contributed by atoms with van der Waals surface area (Å²) in [4.78, 5) is 12.1. The van der Waals surface area contributed by atoms with Crippen molar-refractivity contribution >= 4 is 11.6 Å². The highest BCUT2D eigenvalue weighted by molar-refractivity contribution is 6.30. The van der Waals surface area contributed by atoms with Gasteiger partial charge in [0.25, 0.3) is 0 Å². The molecule has 0 unspecified atom stereocenters. The lowest BCUT2D eigenvalue weighted by Gasteiger charge is -2.22. The molecule has 2 rings (SSSR count). The first-order valence-corrected chi connectivity index (χ1v) is 6.98. The summed E-state index contributed by atoms with van der Waals surface area (Å²) in [5.41, 5.74) is 7.38. The van der Waals surface area contributed by atoms with Gasteiger partial charge in [0, 0.05) is 34.1 Å². The molecule has 1 aromatic heterocycles. The molecule has 0 saturated carbocycles. The van der Waals surface area contributed by atoms with E-state index in [-0.39, 0.29) is 5.43 Å². The monoisotopic (exact) mass is 306 g/mol. The van der Waals surface area contributed by atoms with E-state index in [4.69, 9.17) is 22.1 Å². The fraction of sp³-hybridized carbons (Fsp3) is 0.312. The first kappa shape index (κ1) is 15.6. The molecule has 2 N–H and O–H groups in total. The molecule has 0 amide bonds. The quantitative estimate of drug-likeness (QED) is 0.948. The third kappa shape index (κ3) is 3.12. The number of aryl methyl sites for hydroxylation is 1. The van der Waals surface area contributed by atoms with Gasteiger partial charge >= 0.3 is 0 Å². The molecule has 0 atom stereocenters. The van der Waals surface area contributed by atoms with Crippen LogP contribution >= 0.6 is 11.6 Å².